The van der Waals surface area contributed by atoms with Gasteiger partial charge in [0.15, 0.2) is 0 Å². The fourth-order valence-electron chi connectivity index (χ4n) is 1.42. The van der Waals surface area contributed by atoms with Crippen molar-refractivity contribution in [3.05, 3.63) is 12.2 Å². The molecule has 0 aromatic carbocycles. The Balaban J connectivity index is 2.99. The van der Waals surface area contributed by atoms with Crippen LogP contribution >= 0.6 is 22.6 Å². The van der Waals surface area contributed by atoms with Crippen molar-refractivity contribution in [2.45, 2.75) is 51.9 Å². The number of ether oxygens (including phenoxy) is 2. The lowest BCUT2D eigenvalue weighted by Crippen LogP contribution is -2.01. The van der Waals surface area contributed by atoms with Crippen molar-refractivity contribution < 1.29 is 9.47 Å². The maximum Gasteiger partial charge on any atom is 0.146 e. The summed E-state index contributed by atoms with van der Waals surface area (Å²) in [4.78, 5) is 0. The second kappa shape index (κ2) is 16.4. The minimum atomic E-state index is 0.442. The van der Waals surface area contributed by atoms with Gasteiger partial charge in [0, 0.05) is 6.61 Å². The van der Waals surface area contributed by atoms with Crippen LogP contribution in [0.15, 0.2) is 12.2 Å². The third kappa shape index (κ3) is 16.4. The number of unbranched alkanes of at least 4 members (excludes halogenated alkanes) is 4. The molecule has 0 atom stereocenters. The van der Waals surface area contributed by atoms with E-state index in [2.05, 4.69) is 41.7 Å². The first kappa shape index (κ1) is 17.4. The molecule has 0 unspecified atom stereocenters. The molecule has 0 aromatic rings. The lowest BCUT2D eigenvalue weighted by Gasteiger charge is -2.02. The predicted molar refractivity (Wildman–Crippen MR) is 82.8 cm³/mol. The van der Waals surface area contributed by atoms with E-state index in [-0.39, 0.29) is 0 Å². The van der Waals surface area contributed by atoms with Crippen LogP contribution in [0.5, 0.6) is 0 Å². The van der Waals surface area contributed by atoms with Crippen LogP contribution in [-0.4, -0.2) is 24.4 Å². The molecule has 102 valence electrons. The molecule has 0 rings (SSSR count). The molecule has 2 nitrogen and oxygen atoms in total. The number of alkyl halides is 1. The van der Waals surface area contributed by atoms with Crippen LogP contribution in [0.25, 0.3) is 0 Å². The van der Waals surface area contributed by atoms with Gasteiger partial charge in [-0.05, 0) is 36.5 Å². The van der Waals surface area contributed by atoms with Gasteiger partial charge in [-0.1, -0.05) is 54.5 Å². The normalized spacial score (nSPS) is 11.4. The highest BCUT2D eigenvalue weighted by molar-refractivity contribution is 14.1. The van der Waals surface area contributed by atoms with Crippen molar-refractivity contribution in [1.29, 1.82) is 0 Å². The van der Waals surface area contributed by atoms with Crippen LogP contribution in [0, 0.1) is 0 Å². The first-order valence-electron chi connectivity index (χ1n) is 6.78. The Kier molecular flexibility index (Phi) is 16.8. The second-order valence-corrected chi connectivity index (χ2v) is 5.17. The highest BCUT2D eigenvalue weighted by Gasteiger charge is 1.88. The topological polar surface area (TPSA) is 18.5 Å². The van der Waals surface area contributed by atoms with Gasteiger partial charge in [0.2, 0.25) is 0 Å². The number of halogens is 1. The first-order chi connectivity index (χ1) is 8.41. The van der Waals surface area contributed by atoms with Gasteiger partial charge in [-0.3, -0.25) is 0 Å². The Labute approximate surface area is 120 Å². The van der Waals surface area contributed by atoms with E-state index in [1.54, 1.807) is 0 Å². The molecule has 0 aliphatic heterocycles. The zero-order valence-corrected chi connectivity index (χ0v) is 13.3. The fourth-order valence-corrected chi connectivity index (χ4v) is 1.96. The molecule has 0 saturated carbocycles. The molecule has 0 aliphatic carbocycles. The molecular formula is C14H27IO2. The quantitative estimate of drug-likeness (QED) is 0.157. The van der Waals surface area contributed by atoms with Crippen molar-refractivity contribution in [3.8, 4) is 0 Å². The Hall–Kier alpha value is 0.390. The molecule has 0 fully saturated rings. The van der Waals surface area contributed by atoms with Crippen molar-refractivity contribution in [3.63, 3.8) is 0 Å². The van der Waals surface area contributed by atoms with Crippen LogP contribution in [0.2, 0.25) is 0 Å². The van der Waals surface area contributed by atoms with Gasteiger partial charge in [-0.15, -0.1) is 0 Å². The Morgan fingerprint density at radius 1 is 0.882 bits per heavy atom. The predicted octanol–water partition coefficient (Wildman–Crippen LogP) is 4.72. The third-order valence-corrected chi connectivity index (χ3v) is 3.13. The zero-order chi connectivity index (χ0) is 12.6. The maximum atomic E-state index is 5.32. The zero-order valence-electron chi connectivity index (χ0n) is 11.1. The van der Waals surface area contributed by atoms with Gasteiger partial charge in [0.1, 0.15) is 6.79 Å². The molecule has 0 amide bonds. The third-order valence-electron chi connectivity index (χ3n) is 2.37. The van der Waals surface area contributed by atoms with Gasteiger partial charge in [0.25, 0.3) is 0 Å². The van der Waals surface area contributed by atoms with E-state index in [1.165, 1.54) is 36.5 Å². The van der Waals surface area contributed by atoms with Gasteiger partial charge in [-0.2, -0.15) is 0 Å². The second-order valence-electron chi connectivity index (χ2n) is 4.09. The lowest BCUT2D eigenvalue weighted by molar-refractivity contribution is -0.0519. The SMILES string of the molecule is CCCOCOCCC=CCCCCCCI. The average Bonchev–Trinajstić information content (AvgIpc) is 2.35. The highest BCUT2D eigenvalue weighted by atomic mass is 127. The Bertz CT molecular complexity index is 160. The number of hydrogen-bond donors (Lipinski definition) is 0. The summed E-state index contributed by atoms with van der Waals surface area (Å²) in [6, 6.07) is 0. The maximum absolute atomic E-state index is 5.32. The van der Waals surface area contributed by atoms with Crippen molar-refractivity contribution in [1.82, 2.24) is 0 Å². The van der Waals surface area contributed by atoms with E-state index in [0.29, 0.717) is 6.79 Å². The van der Waals surface area contributed by atoms with Gasteiger partial charge in [0.05, 0.1) is 6.61 Å². The summed E-state index contributed by atoms with van der Waals surface area (Å²) in [6.07, 6.45) is 13.2. The van der Waals surface area contributed by atoms with E-state index in [9.17, 15) is 0 Å². The van der Waals surface area contributed by atoms with E-state index >= 15 is 0 Å². The van der Waals surface area contributed by atoms with Crippen LogP contribution in [0.3, 0.4) is 0 Å². The number of rotatable bonds is 13. The Morgan fingerprint density at radius 2 is 1.59 bits per heavy atom. The fraction of sp³-hybridized carbons (Fsp3) is 0.857. The lowest BCUT2D eigenvalue weighted by atomic mass is 10.1. The summed E-state index contributed by atoms with van der Waals surface area (Å²) in [5.41, 5.74) is 0. The van der Waals surface area contributed by atoms with Crippen LogP contribution in [0.1, 0.15) is 51.9 Å². The largest absolute Gasteiger partial charge is 0.355 e. The molecule has 0 radical (unpaired) electrons. The minimum Gasteiger partial charge on any atom is -0.355 e. The Morgan fingerprint density at radius 3 is 2.35 bits per heavy atom. The van der Waals surface area contributed by atoms with Gasteiger partial charge < -0.3 is 9.47 Å². The molecule has 0 N–H and O–H groups in total. The molecule has 0 spiro atoms. The van der Waals surface area contributed by atoms with E-state index in [4.69, 9.17) is 9.47 Å². The monoisotopic (exact) mass is 354 g/mol. The minimum absolute atomic E-state index is 0.442. The molecule has 0 aromatic heterocycles. The van der Waals surface area contributed by atoms with Crippen LogP contribution in [0.4, 0.5) is 0 Å². The average molecular weight is 354 g/mol. The number of hydrogen-bond acceptors (Lipinski definition) is 2. The van der Waals surface area contributed by atoms with E-state index in [1.807, 2.05) is 0 Å². The summed E-state index contributed by atoms with van der Waals surface area (Å²) in [6.45, 7) is 4.11. The molecule has 0 bridgehead atoms. The van der Waals surface area contributed by atoms with Crippen molar-refractivity contribution in [2.75, 3.05) is 24.4 Å². The molecule has 0 aliphatic rings. The standard InChI is InChI=1S/C14H27IO2/c1-2-12-16-14-17-13-10-8-6-4-3-5-7-9-11-15/h6,8H,2-5,7,9-14H2,1H3. The highest BCUT2D eigenvalue weighted by Crippen LogP contribution is 2.05. The summed E-state index contributed by atoms with van der Waals surface area (Å²) in [5, 5.41) is 0. The van der Waals surface area contributed by atoms with Gasteiger partial charge in [-0.25, -0.2) is 0 Å². The molecular weight excluding hydrogens is 327 g/mol. The summed E-state index contributed by atoms with van der Waals surface area (Å²) < 4.78 is 11.8. The van der Waals surface area contributed by atoms with Crippen LogP contribution in [-0.2, 0) is 9.47 Å². The number of allylic oxidation sites excluding steroid dienone is 1. The smallest absolute Gasteiger partial charge is 0.146 e. The molecule has 17 heavy (non-hydrogen) atoms. The van der Waals surface area contributed by atoms with Gasteiger partial charge >= 0.3 is 0 Å². The van der Waals surface area contributed by atoms with Crippen molar-refractivity contribution >= 4 is 22.6 Å². The van der Waals surface area contributed by atoms with E-state index in [0.717, 1.165) is 26.1 Å². The van der Waals surface area contributed by atoms with Crippen LogP contribution < -0.4 is 0 Å². The molecule has 3 heteroatoms. The molecule has 0 saturated heterocycles. The summed E-state index contributed by atoms with van der Waals surface area (Å²) >= 11 is 2.44. The summed E-state index contributed by atoms with van der Waals surface area (Å²) in [7, 11) is 0. The summed E-state index contributed by atoms with van der Waals surface area (Å²) in [5.74, 6) is 0. The van der Waals surface area contributed by atoms with Crippen molar-refractivity contribution in [2.24, 2.45) is 0 Å². The van der Waals surface area contributed by atoms with E-state index < -0.39 is 0 Å². The molecule has 0 heterocycles. The first-order valence-corrected chi connectivity index (χ1v) is 8.30.